The summed E-state index contributed by atoms with van der Waals surface area (Å²) in [7, 11) is 0. The Kier molecular flexibility index (Phi) is 6.60. The van der Waals surface area contributed by atoms with E-state index >= 15 is 0 Å². The quantitative estimate of drug-likeness (QED) is 0.571. The normalized spacial score (nSPS) is 10.9. The van der Waals surface area contributed by atoms with Crippen molar-refractivity contribution < 1.29 is 23.8 Å². The topological polar surface area (TPSA) is 86.0 Å². The average molecular weight is 358 g/mol. The van der Waals surface area contributed by atoms with Gasteiger partial charge in [-0.25, -0.2) is 4.79 Å². The fourth-order valence-electron chi connectivity index (χ4n) is 2.31. The van der Waals surface area contributed by atoms with E-state index in [1.807, 2.05) is 13.8 Å². The highest BCUT2D eigenvalue weighted by molar-refractivity contribution is 6.08. The first kappa shape index (κ1) is 19.3. The van der Waals surface area contributed by atoms with E-state index in [9.17, 15) is 14.7 Å². The van der Waals surface area contributed by atoms with Gasteiger partial charge in [0.1, 0.15) is 17.1 Å². The molecule has 0 aliphatic heterocycles. The lowest BCUT2D eigenvalue weighted by Crippen LogP contribution is -2.12. The maximum absolute atomic E-state index is 12.2. The van der Waals surface area contributed by atoms with Gasteiger partial charge in [-0.05, 0) is 44.0 Å². The molecule has 0 saturated carbocycles. The second-order valence-electron chi connectivity index (χ2n) is 5.59. The first-order chi connectivity index (χ1) is 12.5. The van der Waals surface area contributed by atoms with Crippen LogP contribution in [0, 0.1) is 6.92 Å². The maximum Gasteiger partial charge on any atom is 0.351 e. The number of carbonyl (C=O) groups excluding carboxylic acids is 1. The monoisotopic (exact) mass is 358 g/mol. The zero-order valence-corrected chi connectivity index (χ0v) is 15.1. The number of rotatable bonds is 8. The first-order valence-electron chi connectivity index (χ1n) is 8.42. The van der Waals surface area contributed by atoms with Crippen LogP contribution >= 0.6 is 0 Å². The SMILES string of the molecule is CCCOc1ccc(/C=C/C(=O)c2c(O)cc(C)oc2=O)cc1OCC. The van der Waals surface area contributed by atoms with E-state index in [0.29, 0.717) is 30.3 Å². The van der Waals surface area contributed by atoms with Crippen LogP contribution in [0.2, 0.25) is 0 Å². The van der Waals surface area contributed by atoms with E-state index in [4.69, 9.17) is 13.9 Å². The molecule has 1 N–H and O–H groups in total. The van der Waals surface area contributed by atoms with Gasteiger partial charge in [-0.2, -0.15) is 0 Å². The van der Waals surface area contributed by atoms with E-state index in [1.165, 1.54) is 25.1 Å². The molecule has 0 saturated heterocycles. The Balaban J connectivity index is 2.26. The third-order valence-corrected chi connectivity index (χ3v) is 3.46. The summed E-state index contributed by atoms with van der Waals surface area (Å²) in [6.45, 7) is 6.46. The molecule has 0 spiro atoms. The molecule has 0 atom stereocenters. The van der Waals surface area contributed by atoms with Gasteiger partial charge in [0, 0.05) is 6.07 Å². The van der Waals surface area contributed by atoms with Crippen molar-refractivity contribution in [3.05, 3.63) is 57.6 Å². The van der Waals surface area contributed by atoms with Crippen LogP contribution in [0.15, 0.2) is 39.6 Å². The summed E-state index contributed by atoms with van der Waals surface area (Å²) in [5, 5.41) is 9.82. The Hall–Kier alpha value is -3.02. The Morgan fingerprint density at radius 1 is 1.19 bits per heavy atom. The van der Waals surface area contributed by atoms with E-state index in [1.54, 1.807) is 18.2 Å². The van der Waals surface area contributed by atoms with Crippen LogP contribution in [0.1, 0.15) is 41.9 Å². The van der Waals surface area contributed by atoms with E-state index in [-0.39, 0.29) is 11.3 Å². The molecular weight excluding hydrogens is 336 g/mol. The van der Waals surface area contributed by atoms with Gasteiger partial charge in [-0.1, -0.05) is 19.1 Å². The van der Waals surface area contributed by atoms with Gasteiger partial charge in [0.25, 0.3) is 0 Å². The minimum Gasteiger partial charge on any atom is -0.507 e. The number of ether oxygens (including phenoxy) is 2. The Labute approximate surface area is 151 Å². The van der Waals surface area contributed by atoms with Crippen LogP contribution in [0.3, 0.4) is 0 Å². The molecule has 2 aromatic rings. The van der Waals surface area contributed by atoms with Crippen LogP contribution in [0.5, 0.6) is 17.2 Å². The summed E-state index contributed by atoms with van der Waals surface area (Å²) in [6.07, 6.45) is 3.62. The fraction of sp³-hybridized carbons (Fsp3) is 0.300. The molecule has 0 fully saturated rings. The van der Waals surface area contributed by atoms with Crippen LogP contribution in [-0.4, -0.2) is 24.1 Å². The molecule has 2 rings (SSSR count). The van der Waals surface area contributed by atoms with Crippen molar-refractivity contribution in [2.45, 2.75) is 27.2 Å². The van der Waals surface area contributed by atoms with Crippen LogP contribution in [-0.2, 0) is 0 Å². The van der Waals surface area contributed by atoms with E-state index in [0.717, 1.165) is 6.42 Å². The number of hydrogen-bond donors (Lipinski definition) is 1. The van der Waals surface area contributed by atoms with Gasteiger partial charge in [0.2, 0.25) is 0 Å². The van der Waals surface area contributed by atoms with Gasteiger partial charge in [-0.3, -0.25) is 4.79 Å². The summed E-state index contributed by atoms with van der Waals surface area (Å²) < 4.78 is 16.1. The van der Waals surface area contributed by atoms with Crippen molar-refractivity contribution >= 4 is 11.9 Å². The highest BCUT2D eigenvalue weighted by Crippen LogP contribution is 2.29. The largest absolute Gasteiger partial charge is 0.507 e. The first-order valence-corrected chi connectivity index (χ1v) is 8.42. The van der Waals surface area contributed by atoms with Gasteiger partial charge >= 0.3 is 5.63 Å². The number of ketones is 1. The number of hydrogen-bond acceptors (Lipinski definition) is 6. The molecule has 0 bridgehead atoms. The third kappa shape index (κ3) is 4.75. The molecular formula is C20H22O6. The molecule has 26 heavy (non-hydrogen) atoms. The van der Waals surface area contributed by atoms with Crippen molar-refractivity contribution in [2.24, 2.45) is 0 Å². The van der Waals surface area contributed by atoms with Gasteiger partial charge < -0.3 is 19.0 Å². The molecule has 1 aromatic carbocycles. The lowest BCUT2D eigenvalue weighted by Gasteiger charge is -2.12. The third-order valence-electron chi connectivity index (χ3n) is 3.46. The lowest BCUT2D eigenvalue weighted by molar-refractivity contribution is 0.104. The number of aryl methyl sites for hydroxylation is 1. The Morgan fingerprint density at radius 2 is 1.96 bits per heavy atom. The molecule has 0 amide bonds. The summed E-state index contributed by atoms with van der Waals surface area (Å²) in [6, 6.07) is 6.52. The van der Waals surface area contributed by atoms with Crippen molar-refractivity contribution in [1.82, 2.24) is 0 Å². The van der Waals surface area contributed by atoms with Crippen LogP contribution < -0.4 is 15.1 Å². The zero-order chi connectivity index (χ0) is 19.1. The van der Waals surface area contributed by atoms with E-state index < -0.39 is 17.2 Å². The van der Waals surface area contributed by atoms with Crippen molar-refractivity contribution in [2.75, 3.05) is 13.2 Å². The molecule has 6 heteroatoms. The second-order valence-corrected chi connectivity index (χ2v) is 5.59. The number of allylic oxidation sites excluding steroid dienone is 1. The fourth-order valence-corrected chi connectivity index (χ4v) is 2.31. The van der Waals surface area contributed by atoms with E-state index in [2.05, 4.69) is 0 Å². The predicted molar refractivity (Wildman–Crippen MR) is 98.1 cm³/mol. The highest BCUT2D eigenvalue weighted by atomic mass is 16.5. The minimum atomic E-state index is -0.865. The maximum atomic E-state index is 12.2. The average Bonchev–Trinajstić information content (AvgIpc) is 2.58. The van der Waals surface area contributed by atoms with Crippen molar-refractivity contribution in [3.8, 4) is 17.2 Å². The minimum absolute atomic E-state index is 0.233. The Morgan fingerprint density at radius 3 is 2.62 bits per heavy atom. The van der Waals surface area contributed by atoms with Crippen LogP contribution in [0.25, 0.3) is 6.08 Å². The molecule has 6 nitrogen and oxygen atoms in total. The second kappa shape index (κ2) is 8.89. The van der Waals surface area contributed by atoms with Gasteiger partial charge in [0.15, 0.2) is 17.3 Å². The number of carbonyl (C=O) groups is 1. The van der Waals surface area contributed by atoms with Crippen LogP contribution in [0.4, 0.5) is 0 Å². The summed E-state index contributed by atoms with van der Waals surface area (Å²) >= 11 is 0. The lowest BCUT2D eigenvalue weighted by atomic mass is 10.1. The van der Waals surface area contributed by atoms with Crippen molar-refractivity contribution in [1.29, 1.82) is 0 Å². The Bertz CT molecular complexity index is 863. The smallest absolute Gasteiger partial charge is 0.351 e. The van der Waals surface area contributed by atoms with Gasteiger partial charge in [-0.15, -0.1) is 0 Å². The molecule has 0 aliphatic carbocycles. The summed E-state index contributed by atoms with van der Waals surface area (Å²) in [5.41, 5.74) is -0.558. The summed E-state index contributed by atoms with van der Waals surface area (Å²) in [5.74, 6) is 0.409. The number of benzene rings is 1. The van der Waals surface area contributed by atoms with Crippen molar-refractivity contribution in [3.63, 3.8) is 0 Å². The number of aromatic hydroxyl groups is 1. The molecule has 1 heterocycles. The highest BCUT2D eigenvalue weighted by Gasteiger charge is 2.16. The molecule has 138 valence electrons. The predicted octanol–water partition coefficient (Wildman–Crippen LogP) is 3.74. The molecule has 0 aliphatic rings. The molecule has 0 unspecified atom stereocenters. The van der Waals surface area contributed by atoms with Gasteiger partial charge in [0.05, 0.1) is 13.2 Å². The zero-order valence-electron chi connectivity index (χ0n) is 15.1. The molecule has 1 aromatic heterocycles. The molecule has 0 radical (unpaired) electrons. The standard InChI is InChI=1S/C20H22O6/c1-4-10-25-17-9-7-14(12-18(17)24-5-2)6-8-15(21)19-16(22)11-13(3)26-20(19)23/h6-9,11-12,22H,4-5,10H2,1-3H3/b8-6+. The summed E-state index contributed by atoms with van der Waals surface area (Å²) in [4.78, 5) is 24.0.